The lowest BCUT2D eigenvalue weighted by Crippen LogP contribution is -1.59. The van der Waals surface area contributed by atoms with Crippen molar-refractivity contribution in [2.75, 3.05) is 0 Å². The zero-order valence-corrected chi connectivity index (χ0v) is 14.7. The zero-order valence-electron chi connectivity index (χ0n) is 14.7. The van der Waals surface area contributed by atoms with E-state index in [0.717, 1.165) is 5.92 Å². The Bertz CT molecular complexity index is 911. The Labute approximate surface area is 152 Å². The third kappa shape index (κ3) is 20.0. The molecule has 0 aromatic carbocycles. The average molecular weight is 316 g/mol. The second kappa shape index (κ2) is 18.1. The molecular weight excluding hydrogens is 300 g/mol. The van der Waals surface area contributed by atoms with Crippen LogP contribution in [0, 0.1) is 112 Å². The third-order valence-electron chi connectivity index (χ3n) is 2.46. The largest absolute Gasteiger partial charge is 0.0925 e. The maximum Gasteiger partial charge on any atom is -0.0000000000000000214 e. The highest BCUT2D eigenvalue weighted by Crippen LogP contribution is 2.31. The lowest BCUT2D eigenvalue weighted by atomic mass is 10.3. The van der Waals surface area contributed by atoms with Gasteiger partial charge in [0.15, 0.2) is 0 Å². The molecule has 0 atom stereocenters. The first kappa shape index (κ1) is 21.0. The lowest BCUT2D eigenvalue weighted by molar-refractivity contribution is 0.799. The Morgan fingerprint density at radius 2 is 0.720 bits per heavy atom. The van der Waals surface area contributed by atoms with E-state index >= 15 is 0 Å². The van der Waals surface area contributed by atoms with Crippen LogP contribution in [-0.2, 0) is 0 Å². The maximum atomic E-state index is 2.63. The van der Waals surface area contributed by atoms with Gasteiger partial charge in [0.05, 0.1) is 0 Å². The molecule has 1 rings (SSSR count). The fraction of sp³-hybridized carbons (Fsp3) is 0.280. The van der Waals surface area contributed by atoms with Gasteiger partial charge >= 0.3 is 0 Å². The Morgan fingerprint density at radius 3 is 0.840 bits per heavy atom. The monoisotopic (exact) mass is 316 g/mol. The summed E-state index contributed by atoms with van der Waals surface area (Å²) in [6.07, 6.45) is 4.44. The number of hydrogen-bond acceptors (Lipinski definition) is 0. The van der Waals surface area contributed by atoms with Gasteiger partial charge in [0, 0.05) is 0 Å². The minimum absolute atomic E-state index is 1.13. The molecule has 0 aromatic rings. The van der Waals surface area contributed by atoms with E-state index in [-0.39, 0.29) is 0 Å². The molecule has 1 saturated carbocycles. The van der Waals surface area contributed by atoms with Gasteiger partial charge in [-0.15, -0.1) is 0 Å². The van der Waals surface area contributed by atoms with Gasteiger partial charge in [-0.3, -0.25) is 0 Å². The molecule has 0 heteroatoms. The molecule has 0 saturated heterocycles. The molecule has 1 fully saturated rings. The van der Waals surface area contributed by atoms with Crippen LogP contribution in [0.4, 0.5) is 0 Å². The molecule has 0 aromatic heterocycles. The van der Waals surface area contributed by atoms with Crippen LogP contribution >= 0.6 is 0 Å². The van der Waals surface area contributed by atoms with Crippen LogP contribution in [0.25, 0.3) is 0 Å². The fourth-order valence-corrected chi connectivity index (χ4v) is 1.09. The Balaban J connectivity index is 0.000000972. The Hall–Kier alpha value is -3.96. The molecular formula is C25H16. The minimum Gasteiger partial charge on any atom is -0.0925 e. The highest BCUT2D eigenvalue weighted by atomic mass is 14.2. The second-order valence-electron chi connectivity index (χ2n) is 4.35. The van der Waals surface area contributed by atoms with E-state index < -0.39 is 0 Å². The van der Waals surface area contributed by atoms with Gasteiger partial charge in [0.25, 0.3) is 0 Å². The summed E-state index contributed by atoms with van der Waals surface area (Å²) < 4.78 is 0. The standard InChI is InChI=1S/C20H6.C5H10/c1-3-5-7-9-11-13-15-17-19-20-18-16-14-12-10-8-6-4-2;1-2-5-3-4-5/h1-2H3;5H,2-4H2,1H3. The van der Waals surface area contributed by atoms with Gasteiger partial charge in [-0.2, -0.15) is 0 Å². The van der Waals surface area contributed by atoms with Crippen molar-refractivity contribution >= 4 is 0 Å². The lowest BCUT2D eigenvalue weighted by Gasteiger charge is -1.72. The normalized spacial score (nSPS) is 7.80. The topological polar surface area (TPSA) is 0 Å². The van der Waals surface area contributed by atoms with Gasteiger partial charge < -0.3 is 0 Å². The van der Waals surface area contributed by atoms with Gasteiger partial charge in [0.1, 0.15) is 0 Å². The van der Waals surface area contributed by atoms with E-state index in [0.29, 0.717) is 0 Å². The molecule has 0 nitrogen and oxygen atoms in total. The second-order valence-corrected chi connectivity index (χ2v) is 4.35. The molecule has 25 heavy (non-hydrogen) atoms. The smallest absolute Gasteiger partial charge is 0.0000000000000000214 e. The fourth-order valence-electron chi connectivity index (χ4n) is 1.09. The van der Waals surface area contributed by atoms with Crippen LogP contribution in [0.1, 0.15) is 40.0 Å². The predicted molar refractivity (Wildman–Crippen MR) is 104 cm³/mol. The number of hydrogen-bond donors (Lipinski definition) is 0. The Morgan fingerprint density at radius 1 is 0.480 bits per heavy atom. The summed E-state index contributed by atoms with van der Waals surface area (Å²) >= 11 is 0. The first-order valence-corrected chi connectivity index (χ1v) is 7.68. The van der Waals surface area contributed by atoms with Crippen molar-refractivity contribution in [3.05, 3.63) is 0 Å². The van der Waals surface area contributed by atoms with E-state index in [2.05, 4.69) is 113 Å². The van der Waals surface area contributed by atoms with Crippen molar-refractivity contribution in [1.29, 1.82) is 0 Å². The van der Waals surface area contributed by atoms with E-state index in [1.807, 2.05) is 0 Å². The van der Waals surface area contributed by atoms with Crippen LogP contribution < -0.4 is 0 Å². The first-order chi connectivity index (χ1) is 12.3. The summed E-state index contributed by atoms with van der Waals surface area (Å²) in [5.74, 6) is 46.7. The highest BCUT2D eigenvalue weighted by Gasteiger charge is 2.17. The van der Waals surface area contributed by atoms with E-state index in [1.54, 1.807) is 13.8 Å². The summed E-state index contributed by atoms with van der Waals surface area (Å²) in [4.78, 5) is 0. The maximum absolute atomic E-state index is 2.63. The molecule has 0 bridgehead atoms. The van der Waals surface area contributed by atoms with Gasteiger partial charge in [0.2, 0.25) is 0 Å². The molecule has 0 radical (unpaired) electrons. The molecule has 0 unspecified atom stereocenters. The first-order valence-electron chi connectivity index (χ1n) is 7.68. The third-order valence-corrected chi connectivity index (χ3v) is 2.46. The van der Waals surface area contributed by atoms with Crippen LogP contribution in [0.15, 0.2) is 0 Å². The highest BCUT2D eigenvalue weighted by molar-refractivity contribution is 5.46. The van der Waals surface area contributed by atoms with Crippen LogP contribution in [0.2, 0.25) is 0 Å². The van der Waals surface area contributed by atoms with Crippen molar-refractivity contribution < 1.29 is 0 Å². The van der Waals surface area contributed by atoms with Gasteiger partial charge in [-0.05, 0) is 114 Å². The SMILES string of the molecule is CC#CC#CC#CC#CC#CC#CC#CC#CC#CC.CCC1CC1. The van der Waals surface area contributed by atoms with Crippen molar-refractivity contribution in [2.45, 2.75) is 40.0 Å². The molecule has 1 aliphatic rings. The van der Waals surface area contributed by atoms with E-state index in [9.17, 15) is 0 Å². The zero-order chi connectivity index (χ0) is 18.4. The Kier molecular flexibility index (Phi) is 15.2. The number of rotatable bonds is 1. The minimum atomic E-state index is 1.13. The van der Waals surface area contributed by atoms with Crippen molar-refractivity contribution in [2.24, 2.45) is 5.92 Å². The molecule has 0 amide bonds. The summed E-state index contributed by atoms with van der Waals surface area (Å²) in [5, 5.41) is 0. The van der Waals surface area contributed by atoms with Gasteiger partial charge in [-0.25, -0.2) is 0 Å². The predicted octanol–water partition coefficient (Wildman–Crippen LogP) is 2.86. The summed E-state index contributed by atoms with van der Waals surface area (Å²) in [5.41, 5.74) is 0. The van der Waals surface area contributed by atoms with Crippen molar-refractivity contribution in [1.82, 2.24) is 0 Å². The summed E-state index contributed by atoms with van der Waals surface area (Å²) in [6, 6.07) is 0. The van der Waals surface area contributed by atoms with Gasteiger partial charge in [-0.1, -0.05) is 38.0 Å². The van der Waals surface area contributed by atoms with E-state index in [4.69, 9.17) is 0 Å². The van der Waals surface area contributed by atoms with Crippen LogP contribution in [0.5, 0.6) is 0 Å². The van der Waals surface area contributed by atoms with Crippen LogP contribution in [0.3, 0.4) is 0 Å². The molecule has 1 aliphatic carbocycles. The average Bonchev–Trinajstić information content (AvgIpc) is 3.46. The summed E-state index contributed by atoms with van der Waals surface area (Å²) in [6.45, 7) is 5.67. The quantitative estimate of drug-likeness (QED) is 0.653. The van der Waals surface area contributed by atoms with Crippen molar-refractivity contribution in [3.63, 3.8) is 0 Å². The molecule has 0 heterocycles. The summed E-state index contributed by atoms with van der Waals surface area (Å²) in [7, 11) is 0. The van der Waals surface area contributed by atoms with E-state index in [1.165, 1.54) is 19.3 Å². The molecule has 116 valence electrons. The molecule has 0 N–H and O–H groups in total. The molecule has 0 spiro atoms. The van der Waals surface area contributed by atoms with Crippen molar-refractivity contribution in [3.8, 4) is 107 Å². The molecule has 0 aliphatic heterocycles. The van der Waals surface area contributed by atoms with Crippen LogP contribution in [-0.4, -0.2) is 0 Å².